The molecule has 10 heteroatoms. The van der Waals surface area contributed by atoms with Crippen LogP contribution in [0.25, 0.3) is 0 Å². The molecule has 1 rings (SSSR count). The van der Waals surface area contributed by atoms with Crippen LogP contribution in [0.1, 0.15) is 69.2 Å². The van der Waals surface area contributed by atoms with E-state index >= 15 is 0 Å². The Morgan fingerprint density at radius 1 is 0.531 bits per heavy atom. The quantitative estimate of drug-likeness (QED) is 0.570. The molecular weight excluding hydrogens is 448 g/mol. The fourth-order valence-corrected chi connectivity index (χ4v) is 9.82. The molecule has 0 aliphatic rings. The lowest BCUT2D eigenvalue weighted by atomic mass is 10.2. The van der Waals surface area contributed by atoms with Crippen LogP contribution in [0, 0.1) is 0 Å². The maximum absolute atomic E-state index is 12.0. The van der Waals surface area contributed by atoms with Gasteiger partial charge in [0.1, 0.15) is 0 Å². The van der Waals surface area contributed by atoms with E-state index in [1.807, 2.05) is 41.5 Å². The van der Waals surface area contributed by atoms with Crippen molar-refractivity contribution in [2.24, 2.45) is 0 Å². The maximum atomic E-state index is 12.0. The van der Waals surface area contributed by atoms with E-state index in [-0.39, 0.29) is 0 Å². The van der Waals surface area contributed by atoms with E-state index in [9.17, 15) is 19.2 Å². The minimum Gasteiger partial charge on any atom is -0.482 e. The van der Waals surface area contributed by atoms with Crippen molar-refractivity contribution in [2.45, 2.75) is 79.3 Å². The highest BCUT2D eigenvalue weighted by Crippen LogP contribution is 2.39. The van der Waals surface area contributed by atoms with Gasteiger partial charge in [0.25, 0.3) is 23.9 Å². The van der Waals surface area contributed by atoms with Crippen LogP contribution in [0.15, 0.2) is 24.3 Å². The summed E-state index contributed by atoms with van der Waals surface area (Å²) in [5, 5.41) is -0.282. The summed E-state index contributed by atoms with van der Waals surface area (Å²) in [6.45, 7) is 16.1. The molecule has 8 nitrogen and oxygen atoms in total. The Hall–Kier alpha value is -2.47. The van der Waals surface area contributed by atoms with Gasteiger partial charge in [0, 0.05) is 48.1 Å². The fraction of sp³-hybridized carbons (Fsp3) is 0.545. The van der Waals surface area contributed by atoms with Crippen LogP contribution in [-0.2, 0) is 36.9 Å². The summed E-state index contributed by atoms with van der Waals surface area (Å²) in [6, 6.07) is 6.72. The fourth-order valence-electron chi connectivity index (χ4n) is 3.47. The molecule has 0 fully saturated rings. The number of hydrogen-bond acceptors (Lipinski definition) is 8. The summed E-state index contributed by atoms with van der Waals surface area (Å²) in [7, 11) is -7.18. The third-order valence-electron chi connectivity index (χ3n) is 4.77. The molecule has 0 spiro atoms. The first-order chi connectivity index (χ1) is 14.4. The van der Waals surface area contributed by atoms with E-state index < -0.39 is 51.1 Å². The van der Waals surface area contributed by atoms with Gasteiger partial charge in [-0.05, 0) is 0 Å². The molecule has 178 valence electrons. The molecule has 0 saturated heterocycles. The molecule has 32 heavy (non-hydrogen) atoms. The summed E-state index contributed by atoms with van der Waals surface area (Å²) in [4.78, 5) is 47.9. The van der Waals surface area contributed by atoms with E-state index in [4.69, 9.17) is 17.7 Å². The van der Waals surface area contributed by atoms with Gasteiger partial charge in [-0.1, -0.05) is 65.8 Å². The smallest absolute Gasteiger partial charge is 0.482 e. The number of carbonyl (C=O) groups is 4. The zero-order chi connectivity index (χ0) is 25.1. The zero-order valence-corrected chi connectivity index (χ0v) is 22.6. The highest BCUT2D eigenvalue weighted by molar-refractivity contribution is 6.87. The molecule has 1 aromatic rings. The number of rotatable bonds is 6. The Labute approximate surface area is 192 Å². The van der Waals surface area contributed by atoms with Crippen LogP contribution in [0.2, 0.25) is 10.1 Å². The number of carbonyl (C=O) groups excluding carboxylic acids is 4. The predicted octanol–water partition coefficient (Wildman–Crippen LogP) is 2.84. The number of benzene rings is 1. The van der Waals surface area contributed by atoms with Crippen molar-refractivity contribution in [3.8, 4) is 0 Å². The van der Waals surface area contributed by atoms with Crippen molar-refractivity contribution >= 4 is 51.4 Å². The normalized spacial score (nSPS) is 12.6. The lowest BCUT2D eigenvalue weighted by Gasteiger charge is -2.40. The molecular formula is C22H34O8Si2. The molecule has 0 unspecified atom stereocenters. The second-order valence-electron chi connectivity index (χ2n) is 9.69. The average Bonchev–Trinajstić information content (AvgIpc) is 2.57. The van der Waals surface area contributed by atoms with Crippen LogP contribution in [0.5, 0.6) is 0 Å². The molecule has 0 aliphatic carbocycles. The van der Waals surface area contributed by atoms with Gasteiger partial charge in [-0.3, -0.25) is 19.2 Å². The number of hydrogen-bond donors (Lipinski definition) is 0. The molecule has 0 heterocycles. The van der Waals surface area contributed by atoms with Crippen LogP contribution in [-0.4, -0.2) is 41.0 Å². The lowest BCUT2D eigenvalue weighted by Crippen LogP contribution is -2.64. The van der Waals surface area contributed by atoms with Gasteiger partial charge in [0.15, 0.2) is 0 Å². The second kappa shape index (κ2) is 9.57. The third kappa shape index (κ3) is 5.86. The molecule has 0 N–H and O–H groups in total. The standard InChI is InChI=1S/C22H34O8Si2/c1-15(23)27-31(21(5,6)7,28-16(2)24)19-11-13-20(14-12-19)32(22(8,9)10,29-17(3)25)30-18(4)26/h11-14H,1-10H3. The first kappa shape index (κ1) is 27.6. The third-order valence-corrected chi connectivity index (χ3v) is 13.2. The Morgan fingerprint density at radius 3 is 0.844 bits per heavy atom. The summed E-state index contributed by atoms with van der Waals surface area (Å²) in [6.07, 6.45) is 0. The predicted molar refractivity (Wildman–Crippen MR) is 124 cm³/mol. The monoisotopic (exact) mass is 482 g/mol. The van der Waals surface area contributed by atoms with E-state index in [0.29, 0.717) is 10.4 Å². The van der Waals surface area contributed by atoms with Crippen LogP contribution >= 0.6 is 0 Å². The van der Waals surface area contributed by atoms with E-state index in [2.05, 4.69) is 0 Å². The Balaban J connectivity index is 3.79. The molecule has 0 atom stereocenters. The van der Waals surface area contributed by atoms with Gasteiger partial charge in [-0.2, -0.15) is 0 Å². The van der Waals surface area contributed by atoms with Crippen molar-refractivity contribution in [1.82, 2.24) is 0 Å². The SMILES string of the molecule is CC(=O)O[Si](OC(C)=O)(c1ccc([Si](OC(C)=O)(OC(C)=O)C(C)(C)C)cc1)C(C)(C)C. The Kier molecular flexibility index (Phi) is 8.25. The summed E-state index contributed by atoms with van der Waals surface area (Å²) in [5.41, 5.74) is 0. The Bertz CT molecular complexity index is 774. The van der Waals surface area contributed by atoms with Crippen LogP contribution in [0.4, 0.5) is 0 Å². The van der Waals surface area contributed by atoms with Gasteiger partial charge < -0.3 is 17.7 Å². The van der Waals surface area contributed by atoms with Gasteiger partial charge in [0.2, 0.25) is 0 Å². The molecule has 0 radical (unpaired) electrons. The minimum absolute atomic E-state index is 0.543. The van der Waals surface area contributed by atoms with Crippen LogP contribution < -0.4 is 10.4 Å². The summed E-state index contributed by atoms with van der Waals surface area (Å²) >= 11 is 0. The van der Waals surface area contributed by atoms with Crippen molar-refractivity contribution in [3.05, 3.63) is 24.3 Å². The maximum Gasteiger partial charge on any atom is 0.505 e. The van der Waals surface area contributed by atoms with Crippen LogP contribution in [0.3, 0.4) is 0 Å². The zero-order valence-electron chi connectivity index (χ0n) is 20.6. The van der Waals surface area contributed by atoms with Crippen molar-refractivity contribution in [1.29, 1.82) is 0 Å². The van der Waals surface area contributed by atoms with Crippen molar-refractivity contribution < 1.29 is 36.9 Å². The van der Waals surface area contributed by atoms with Crippen molar-refractivity contribution in [3.63, 3.8) is 0 Å². The van der Waals surface area contributed by atoms with Gasteiger partial charge >= 0.3 is 17.1 Å². The molecule has 0 bridgehead atoms. The first-order valence-electron chi connectivity index (χ1n) is 10.3. The van der Waals surface area contributed by atoms with Gasteiger partial charge in [0.05, 0.1) is 0 Å². The lowest BCUT2D eigenvalue weighted by molar-refractivity contribution is -0.141. The highest BCUT2D eigenvalue weighted by atomic mass is 28.4. The Morgan fingerprint density at radius 2 is 0.719 bits per heavy atom. The molecule has 0 amide bonds. The molecule has 0 aliphatic heterocycles. The molecule has 1 aromatic carbocycles. The largest absolute Gasteiger partial charge is 0.505 e. The highest BCUT2D eigenvalue weighted by Gasteiger charge is 2.59. The molecule has 0 saturated carbocycles. The summed E-state index contributed by atoms with van der Waals surface area (Å²) in [5.74, 6) is -2.24. The first-order valence-corrected chi connectivity index (χ1v) is 13.9. The minimum atomic E-state index is -3.59. The summed E-state index contributed by atoms with van der Waals surface area (Å²) < 4.78 is 22.9. The van der Waals surface area contributed by atoms with E-state index in [1.165, 1.54) is 27.7 Å². The van der Waals surface area contributed by atoms with Crippen molar-refractivity contribution in [2.75, 3.05) is 0 Å². The second-order valence-corrected chi connectivity index (χ2v) is 17.1. The average molecular weight is 483 g/mol. The van der Waals surface area contributed by atoms with E-state index in [1.54, 1.807) is 24.3 Å². The van der Waals surface area contributed by atoms with Gasteiger partial charge in [-0.15, -0.1) is 0 Å². The van der Waals surface area contributed by atoms with Gasteiger partial charge in [-0.25, -0.2) is 0 Å². The molecule has 0 aromatic heterocycles. The van der Waals surface area contributed by atoms with E-state index in [0.717, 1.165) is 0 Å². The topological polar surface area (TPSA) is 105 Å².